The average Bonchev–Trinajstić information content (AvgIpc) is 2.94. The first-order valence-electron chi connectivity index (χ1n) is 7.86. The van der Waals surface area contributed by atoms with E-state index < -0.39 is 0 Å². The van der Waals surface area contributed by atoms with Gasteiger partial charge in [-0.1, -0.05) is 12.1 Å². The van der Waals surface area contributed by atoms with Crippen molar-refractivity contribution in [3.63, 3.8) is 0 Å². The van der Waals surface area contributed by atoms with Crippen LogP contribution in [-0.2, 0) is 11.3 Å². The van der Waals surface area contributed by atoms with Gasteiger partial charge in [-0.2, -0.15) is 0 Å². The maximum Gasteiger partial charge on any atom is 0.223 e. The number of nitrogens with zero attached hydrogens (tertiary/aromatic N) is 3. The van der Waals surface area contributed by atoms with Crippen LogP contribution in [0, 0.1) is 6.92 Å². The van der Waals surface area contributed by atoms with E-state index >= 15 is 0 Å². The molecule has 1 saturated heterocycles. The van der Waals surface area contributed by atoms with Gasteiger partial charge in [-0.25, -0.2) is 4.98 Å². The molecule has 1 aliphatic heterocycles. The highest BCUT2D eigenvalue weighted by molar-refractivity contribution is 7.13. The summed E-state index contributed by atoms with van der Waals surface area (Å²) in [6.45, 7) is 8.61. The molecule has 5 nitrogen and oxygen atoms in total. The lowest BCUT2D eigenvalue weighted by molar-refractivity contribution is -0.114. The van der Waals surface area contributed by atoms with E-state index in [1.807, 2.05) is 5.38 Å². The summed E-state index contributed by atoms with van der Waals surface area (Å²) in [6.07, 6.45) is 0. The molecule has 1 N–H and O–H groups in total. The monoisotopic (exact) mass is 330 g/mol. The maximum absolute atomic E-state index is 11.0. The molecule has 1 aliphatic rings. The molecule has 6 heteroatoms. The quantitative estimate of drug-likeness (QED) is 0.936. The van der Waals surface area contributed by atoms with E-state index in [4.69, 9.17) is 0 Å². The van der Waals surface area contributed by atoms with Crippen molar-refractivity contribution >= 4 is 28.1 Å². The fourth-order valence-electron chi connectivity index (χ4n) is 2.81. The van der Waals surface area contributed by atoms with Crippen LogP contribution < -0.4 is 10.2 Å². The zero-order valence-corrected chi connectivity index (χ0v) is 14.4. The molecular weight excluding hydrogens is 308 g/mol. The van der Waals surface area contributed by atoms with Crippen LogP contribution in [0.2, 0.25) is 0 Å². The van der Waals surface area contributed by atoms with Gasteiger partial charge in [-0.15, -0.1) is 11.3 Å². The van der Waals surface area contributed by atoms with Crippen molar-refractivity contribution in [1.82, 2.24) is 9.88 Å². The molecule has 0 aliphatic carbocycles. The van der Waals surface area contributed by atoms with Gasteiger partial charge >= 0.3 is 0 Å². The Labute approximate surface area is 140 Å². The molecule has 1 aromatic heterocycles. The summed E-state index contributed by atoms with van der Waals surface area (Å²) in [5.41, 5.74) is 3.65. The van der Waals surface area contributed by atoms with Gasteiger partial charge in [0.05, 0.1) is 5.69 Å². The van der Waals surface area contributed by atoms with Gasteiger partial charge < -0.3 is 10.2 Å². The Hall–Kier alpha value is -1.92. The Morgan fingerprint density at radius 2 is 2.09 bits per heavy atom. The van der Waals surface area contributed by atoms with E-state index in [1.165, 1.54) is 29.5 Å². The smallest absolute Gasteiger partial charge is 0.223 e. The Morgan fingerprint density at radius 1 is 1.30 bits per heavy atom. The minimum atomic E-state index is -0.0716. The van der Waals surface area contributed by atoms with Crippen LogP contribution in [0.4, 0.5) is 10.8 Å². The lowest BCUT2D eigenvalue weighted by Crippen LogP contribution is -2.46. The molecule has 0 radical (unpaired) electrons. The number of aryl methyl sites for hydroxylation is 1. The van der Waals surface area contributed by atoms with E-state index in [0.717, 1.165) is 38.4 Å². The van der Waals surface area contributed by atoms with Crippen LogP contribution in [0.25, 0.3) is 0 Å². The molecule has 1 fully saturated rings. The third kappa shape index (κ3) is 4.30. The number of benzene rings is 1. The third-order valence-electron chi connectivity index (χ3n) is 3.96. The van der Waals surface area contributed by atoms with Gasteiger partial charge in [-0.3, -0.25) is 9.69 Å². The first-order chi connectivity index (χ1) is 11.1. The fourth-order valence-corrected chi connectivity index (χ4v) is 3.55. The molecule has 23 heavy (non-hydrogen) atoms. The Morgan fingerprint density at radius 3 is 2.78 bits per heavy atom. The maximum atomic E-state index is 11.0. The van der Waals surface area contributed by atoms with Gasteiger partial charge in [0.15, 0.2) is 5.13 Å². The lowest BCUT2D eigenvalue weighted by Gasteiger charge is -2.35. The number of hydrogen-bond acceptors (Lipinski definition) is 5. The Kier molecular flexibility index (Phi) is 4.93. The molecule has 0 saturated carbocycles. The van der Waals surface area contributed by atoms with Crippen molar-refractivity contribution in [2.75, 3.05) is 36.4 Å². The van der Waals surface area contributed by atoms with E-state index in [9.17, 15) is 4.79 Å². The van der Waals surface area contributed by atoms with Crippen LogP contribution in [0.5, 0.6) is 0 Å². The molecule has 0 unspecified atom stereocenters. The number of hydrogen-bond donors (Lipinski definition) is 1. The van der Waals surface area contributed by atoms with Crippen LogP contribution in [-0.4, -0.2) is 42.0 Å². The number of anilines is 2. The molecule has 1 amide bonds. The van der Waals surface area contributed by atoms with Crippen molar-refractivity contribution in [1.29, 1.82) is 0 Å². The van der Waals surface area contributed by atoms with Crippen LogP contribution >= 0.6 is 11.3 Å². The normalized spacial score (nSPS) is 15.7. The highest BCUT2D eigenvalue weighted by Gasteiger charge is 2.18. The zero-order valence-electron chi connectivity index (χ0n) is 13.6. The number of carbonyl (C=O) groups excluding carboxylic acids is 1. The minimum Gasteiger partial charge on any atom is -0.369 e. The first-order valence-corrected chi connectivity index (χ1v) is 8.74. The van der Waals surface area contributed by atoms with E-state index in [0.29, 0.717) is 5.13 Å². The largest absolute Gasteiger partial charge is 0.369 e. The number of thiazole rings is 1. The molecule has 0 spiro atoms. The molecule has 122 valence electrons. The van der Waals surface area contributed by atoms with E-state index in [-0.39, 0.29) is 5.91 Å². The lowest BCUT2D eigenvalue weighted by atomic mass is 10.2. The van der Waals surface area contributed by atoms with Crippen molar-refractivity contribution in [2.45, 2.75) is 20.4 Å². The summed E-state index contributed by atoms with van der Waals surface area (Å²) in [4.78, 5) is 20.4. The highest BCUT2D eigenvalue weighted by Crippen LogP contribution is 2.20. The summed E-state index contributed by atoms with van der Waals surface area (Å²) in [6, 6.07) is 8.68. The second-order valence-corrected chi connectivity index (χ2v) is 6.79. The van der Waals surface area contributed by atoms with Crippen molar-refractivity contribution in [3.8, 4) is 0 Å². The summed E-state index contributed by atoms with van der Waals surface area (Å²) >= 11 is 1.49. The Balaban J connectivity index is 1.53. The van der Waals surface area contributed by atoms with Crippen molar-refractivity contribution in [2.24, 2.45) is 0 Å². The van der Waals surface area contributed by atoms with Crippen LogP contribution in [0.1, 0.15) is 18.2 Å². The predicted molar refractivity (Wildman–Crippen MR) is 95.1 cm³/mol. The molecule has 0 bridgehead atoms. The first kappa shape index (κ1) is 16.0. The number of piperazine rings is 1. The highest BCUT2D eigenvalue weighted by atomic mass is 32.1. The zero-order chi connectivity index (χ0) is 16.2. The Bertz CT molecular complexity index is 677. The van der Waals surface area contributed by atoms with Gasteiger partial charge in [0, 0.05) is 50.7 Å². The van der Waals surface area contributed by atoms with E-state index in [2.05, 4.69) is 51.3 Å². The predicted octanol–water partition coefficient (Wildman–Crippen LogP) is 2.73. The summed E-state index contributed by atoms with van der Waals surface area (Å²) in [7, 11) is 0. The van der Waals surface area contributed by atoms with Crippen molar-refractivity contribution in [3.05, 3.63) is 40.9 Å². The number of amides is 1. The number of carbonyl (C=O) groups is 1. The van der Waals surface area contributed by atoms with Gasteiger partial charge in [-0.05, 0) is 24.6 Å². The van der Waals surface area contributed by atoms with Gasteiger partial charge in [0.25, 0.3) is 0 Å². The van der Waals surface area contributed by atoms with Gasteiger partial charge in [0.1, 0.15) is 0 Å². The number of rotatable bonds is 4. The summed E-state index contributed by atoms with van der Waals surface area (Å²) in [5, 5.41) is 5.45. The average molecular weight is 330 g/mol. The topological polar surface area (TPSA) is 48.5 Å². The van der Waals surface area contributed by atoms with E-state index in [1.54, 1.807) is 0 Å². The molecule has 0 atom stereocenters. The summed E-state index contributed by atoms with van der Waals surface area (Å²) in [5.74, 6) is -0.0716. The van der Waals surface area contributed by atoms with Gasteiger partial charge in [0.2, 0.25) is 5.91 Å². The summed E-state index contributed by atoms with van der Waals surface area (Å²) < 4.78 is 0. The van der Waals surface area contributed by atoms with Crippen LogP contribution in [0.3, 0.4) is 0 Å². The van der Waals surface area contributed by atoms with Crippen LogP contribution in [0.15, 0.2) is 29.6 Å². The molecular formula is C17H22N4OS. The third-order valence-corrected chi connectivity index (χ3v) is 4.77. The second kappa shape index (κ2) is 7.10. The molecule has 2 heterocycles. The standard InChI is InChI=1S/C17H22N4OS/c1-13-4-3-5-16(10-13)21-8-6-20(7-9-21)11-15-12-23-17(19-15)18-14(2)22/h3-5,10,12H,6-9,11H2,1-2H3,(H,18,19,22). The number of nitrogens with one attached hydrogen (secondary N) is 1. The SMILES string of the molecule is CC(=O)Nc1nc(CN2CCN(c3cccc(C)c3)CC2)cs1. The second-order valence-electron chi connectivity index (χ2n) is 5.93. The molecule has 3 rings (SSSR count). The molecule has 1 aromatic carbocycles. The fraction of sp³-hybridized carbons (Fsp3) is 0.412. The van der Waals surface area contributed by atoms with Crippen molar-refractivity contribution < 1.29 is 4.79 Å². The number of aromatic nitrogens is 1. The molecule has 2 aromatic rings. The minimum absolute atomic E-state index is 0.0716.